The van der Waals surface area contributed by atoms with Gasteiger partial charge in [0, 0.05) is 12.1 Å². The van der Waals surface area contributed by atoms with Crippen LogP contribution in [0.15, 0.2) is 0 Å². The minimum absolute atomic E-state index is 0.824. The average molecular weight is 224 g/mol. The standard InChI is InChI=1S/C14H28N2/c1-12(13-6-7-13)16(2)11-5-3-4-10-15-14-8-9-14/h12-15H,3-11H2,1-2H3. The molecule has 0 aliphatic heterocycles. The van der Waals surface area contributed by atoms with Crippen molar-refractivity contribution in [2.24, 2.45) is 5.92 Å². The molecule has 2 nitrogen and oxygen atoms in total. The SMILES string of the molecule is CC(C1CC1)N(C)CCCCCNC1CC1. The Morgan fingerprint density at radius 2 is 1.88 bits per heavy atom. The second-order valence-electron chi connectivity index (χ2n) is 5.85. The van der Waals surface area contributed by atoms with Gasteiger partial charge in [-0.1, -0.05) is 6.42 Å². The highest BCUT2D eigenvalue weighted by Crippen LogP contribution is 2.34. The Kier molecular flexibility index (Phi) is 4.66. The zero-order valence-corrected chi connectivity index (χ0v) is 11.0. The predicted molar refractivity (Wildman–Crippen MR) is 69.7 cm³/mol. The van der Waals surface area contributed by atoms with Crippen LogP contribution in [-0.2, 0) is 0 Å². The monoisotopic (exact) mass is 224 g/mol. The summed E-state index contributed by atoms with van der Waals surface area (Å²) in [5.41, 5.74) is 0. The number of nitrogens with one attached hydrogen (secondary N) is 1. The van der Waals surface area contributed by atoms with Crippen molar-refractivity contribution in [3.05, 3.63) is 0 Å². The van der Waals surface area contributed by atoms with Crippen LogP contribution in [0.25, 0.3) is 0 Å². The van der Waals surface area contributed by atoms with E-state index in [1.54, 1.807) is 0 Å². The summed E-state index contributed by atoms with van der Waals surface area (Å²) in [7, 11) is 2.30. The first-order valence-corrected chi connectivity index (χ1v) is 7.21. The average Bonchev–Trinajstić information content (AvgIpc) is 3.15. The van der Waals surface area contributed by atoms with Gasteiger partial charge in [-0.2, -0.15) is 0 Å². The molecule has 2 saturated carbocycles. The zero-order valence-electron chi connectivity index (χ0n) is 11.0. The van der Waals surface area contributed by atoms with Crippen LogP contribution in [0.5, 0.6) is 0 Å². The van der Waals surface area contributed by atoms with E-state index in [0.29, 0.717) is 0 Å². The van der Waals surface area contributed by atoms with Gasteiger partial charge >= 0.3 is 0 Å². The van der Waals surface area contributed by atoms with Crippen LogP contribution in [0.1, 0.15) is 51.9 Å². The summed E-state index contributed by atoms with van der Waals surface area (Å²) >= 11 is 0. The van der Waals surface area contributed by atoms with Crippen LogP contribution in [-0.4, -0.2) is 37.1 Å². The molecule has 0 amide bonds. The molecule has 2 fully saturated rings. The maximum Gasteiger partial charge on any atom is 0.00921 e. The largest absolute Gasteiger partial charge is 0.314 e. The van der Waals surface area contributed by atoms with E-state index in [2.05, 4.69) is 24.2 Å². The number of rotatable bonds is 9. The lowest BCUT2D eigenvalue weighted by atomic mass is 10.1. The topological polar surface area (TPSA) is 15.3 Å². The van der Waals surface area contributed by atoms with Crippen LogP contribution in [0.4, 0.5) is 0 Å². The first-order valence-electron chi connectivity index (χ1n) is 7.21. The Balaban J connectivity index is 1.40. The van der Waals surface area contributed by atoms with E-state index in [0.717, 1.165) is 18.0 Å². The second-order valence-corrected chi connectivity index (χ2v) is 5.85. The first-order chi connectivity index (χ1) is 7.77. The molecule has 0 saturated heterocycles. The normalized spacial score (nSPS) is 22.7. The van der Waals surface area contributed by atoms with Crippen molar-refractivity contribution in [1.82, 2.24) is 10.2 Å². The van der Waals surface area contributed by atoms with Crippen LogP contribution < -0.4 is 5.32 Å². The van der Waals surface area contributed by atoms with Crippen LogP contribution in [0.3, 0.4) is 0 Å². The van der Waals surface area contributed by atoms with E-state index in [-0.39, 0.29) is 0 Å². The first kappa shape index (κ1) is 12.4. The smallest absolute Gasteiger partial charge is 0.00921 e. The molecule has 1 N–H and O–H groups in total. The quantitative estimate of drug-likeness (QED) is 0.606. The third kappa shape index (κ3) is 4.42. The maximum absolute atomic E-state index is 3.58. The van der Waals surface area contributed by atoms with Crippen LogP contribution >= 0.6 is 0 Å². The van der Waals surface area contributed by atoms with Gasteiger partial charge < -0.3 is 10.2 Å². The highest BCUT2D eigenvalue weighted by molar-refractivity contribution is 4.84. The molecule has 0 aromatic heterocycles. The molecular weight excluding hydrogens is 196 g/mol. The molecule has 0 heterocycles. The summed E-state index contributed by atoms with van der Waals surface area (Å²) in [5.74, 6) is 1.02. The summed E-state index contributed by atoms with van der Waals surface area (Å²) in [6.07, 6.45) is 9.90. The zero-order chi connectivity index (χ0) is 11.4. The fourth-order valence-corrected chi connectivity index (χ4v) is 2.40. The van der Waals surface area contributed by atoms with E-state index in [1.807, 2.05) is 0 Å². The number of nitrogens with zero attached hydrogens (tertiary/aromatic N) is 1. The number of unbranched alkanes of at least 4 members (excludes halogenated alkanes) is 2. The third-order valence-corrected chi connectivity index (χ3v) is 4.20. The summed E-state index contributed by atoms with van der Waals surface area (Å²) in [4.78, 5) is 2.56. The fourth-order valence-electron chi connectivity index (χ4n) is 2.40. The van der Waals surface area contributed by atoms with Crippen molar-refractivity contribution >= 4 is 0 Å². The van der Waals surface area contributed by atoms with Gasteiger partial charge in [-0.05, 0) is 71.5 Å². The maximum atomic E-state index is 3.58. The molecule has 1 atom stereocenters. The van der Waals surface area contributed by atoms with E-state index >= 15 is 0 Å². The lowest BCUT2D eigenvalue weighted by molar-refractivity contribution is 0.229. The van der Waals surface area contributed by atoms with Gasteiger partial charge in [0.05, 0.1) is 0 Å². The van der Waals surface area contributed by atoms with Crippen molar-refractivity contribution < 1.29 is 0 Å². The highest BCUT2D eigenvalue weighted by Gasteiger charge is 2.29. The van der Waals surface area contributed by atoms with Gasteiger partial charge in [0.1, 0.15) is 0 Å². The highest BCUT2D eigenvalue weighted by atomic mass is 15.1. The van der Waals surface area contributed by atoms with E-state index < -0.39 is 0 Å². The van der Waals surface area contributed by atoms with E-state index in [1.165, 1.54) is 58.0 Å². The Bertz CT molecular complexity index is 197. The molecule has 1 unspecified atom stereocenters. The molecule has 0 bridgehead atoms. The van der Waals surface area contributed by atoms with Crippen molar-refractivity contribution in [2.45, 2.75) is 64.0 Å². The molecular formula is C14H28N2. The van der Waals surface area contributed by atoms with E-state index in [4.69, 9.17) is 0 Å². The van der Waals surface area contributed by atoms with Crippen molar-refractivity contribution in [2.75, 3.05) is 20.1 Å². The molecule has 0 aromatic rings. The van der Waals surface area contributed by atoms with Crippen LogP contribution in [0, 0.1) is 5.92 Å². The van der Waals surface area contributed by atoms with Gasteiger partial charge in [-0.3, -0.25) is 0 Å². The Labute approximate surface area is 101 Å². The Hall–Kier alpha value is -0.0800. The lowest BCUT2D eigenvalue weighted by Crippen LogP contribution is -2.31. The van der Waals surface area contributed by atoms with Gasteiger partial charge in [-0.15, -0.1) is 0 Å². The molecule has 2 aliphatic rings. The van der Waals surface area contributed by atoms with Crippen molar-refractivity contribution in [1.29, 1.82) is 0 Å². The van der Waals surface area contributed by atoms with Gasteiger partial charge in [0.15, 0.2) is 0 Å². The predicted octanol–water partition coefficient (Wildman–Crippen LogP) is 2.64. The summed E-state index contributed by atoms with van der Waals surface area (Å²) < 4.78 is 0. The molecule has 2 aliphatic carbocycles. The van der Waals surface area contributed by atoms with Crippen LogP contribution in [0.2, 0.25) is 0 Å². The number of hydrogen-bond donors (Lipinski definition) is 1. The van der Waals surface area contributed by atoms with Gasteiger partial charge in [-0.25, -0.2) is 0 Å². The van der Waals surface area contributed by atoms with Gasteiger partial charge in [0.25, 0.3) is 0 Å². The molecule has 94 valence electrons. The minimum atomic E-state index is 0.824. The molecule has 16 heavy (non-hydrogen) atoms. The Morgan fingerprint density at radius 3 is 2.50 bits per heavy atom. The molecule has 0 aromatic carbocycles. The summed E-state index contributed by atoms with van der Waals surface area (Å²) in [6, 6.07) is 1.71. The molecule has 0 radical (unpaired) electrons. The minimum Gasteiger partial charge on any atom is -0.314 e. The fraction of sp³-hybridized carbons (Fsp3) is 1.00. The lowest BCUT2D eigenvalue weighted by Gasteiger charge is -2.24. The van der Waals surface area contributed by atoms with Crippen molar-refractivity contribution in [3.8, 4) is 0 Å². The number of hydrogen-bond acceptors (Lipinski definition) is 2. The molecule has 0 spiro atoms. The van der Waals surface area contributed by atoms with Gasteiger partial charge in [0.2, 0.25) is 0 Å². The Morgan fingerprint density at radius 1 is 1.12 bits per heavy atom. The second kappa shape index (κ2) is 6.02. The third-order valence-electron chi connectivity index (χ3n) is 4.20. The molecule has 2 heteroatoms. The van der Waals surface area contributed by atoms with E-state index in [9.17, 15) is 0 Å². The summed E-state index contributed by atoms with van der Waals surface area (Å²) in [6.45, 7) is 4.93. The van der Waals surface area contributed by atoms with Crippen molar-refractivity contribution in [3.63, 3.8) is 0 Å². The summed E-state index contributed by atoms with van der Waals surface area (Å²) in [5, 5.41) is 3.58. The molecule has 2 rings (SSSR count).